The van der Waals surface area contributed by atoms with Gasteiger partial charge < -0.3 is 10.4 Å². The van der Waals surface area contributed by atoms with Crippen LogP contribution in [0.15, 0.2) is 54.7 Å². The summed E-state index contributed by atoms with van der Waals surface area (Å²) in [6.45, 7) is 7.36. The minimum Gasteiger partial charge on any atom is -0.481 e. The van der Waals surface area contributed by atoms with Gasteiger partial charge in [-0.25, -0.2) is 4.68 Å². The number of aromatic nitrogens is 2. The standard InChI is InChI=1S/C21H23N3O2/c1-14-12-16(13-15(2)19(14)21(3,4)20(25)26)22-18-10-11-24(23-18)17-8-6-5-7-9-17/h5-13H,1-4H3,(H,22,23)(H,25,26). The molecule has 0 spiro atoms. The molecule has 2 aromatic carbocycles. The SMILES string of the molecule is Cc1cc(Nc2ccn(-c3ccccc3)n2)cc(C)c1C(C)(C)C(=O)O. The fourth-order valence-corrected chi connectivity index (χ4v) is 3.39. The first-order valence-electron chi connectivity index (χ1n) is 8.52. The summed E-state index contributed by atoms with van der Waals surface area (Å²) in [6, 6.07) is 15.7. The number of rotatable bonds is 5. The van der Waals surface area contributed by atoms with E-state index in [0.29, 0.717) is 0 Å². The lowest BCUT2D eigenvalue weighted by molar-refractivity contribution is -0.142. The maximum absolute atomic E-state index is 11.6. The van der Waals surface area contributed by atoms with E-state index in [0.717, 1.165) is 33.9 Å². The number of hydrogen-bond donors (Lipinski definition) is 2. The molecule has 5 nitrogen and oxygen atoms in total. The molecule has 2 N–H and O–H groups in total. The number of nitrogens with one attached hydrogen (secondary N) is 1. The van der Waals surface area contributed by atoms with Gasteiger partial charge in [0.2, 0.25) is 0 Å². The maximum atomic E-state index is 11.6. The molecule has 3 aromatic rings. The van der Waals surface area contributed by atoms with Crippen molar-refractivity contribution in [3.05, 3.63) is 71.4 Å². The highest BCUT2D eigenvalue weighted by Crippen LogP contribution is 2.32. The molecule has 134 valence electrons. The smallest absolute Gasteiger partial charge is 0.313 e. The molecule has 0 amide bonds. The quantitative estimate of drug-likeness (QED) is 0.707. The van der Waals surface area contributed by atoms with Crippen molar-refractivity contribution < 1.29 is 9.90 Å². The molecule has 3 rings (SSSR count). The van der Waals surface area contributed by atoms with Gasteiger partial charge in [0.25, 0.3) is 0 Å². The van der Waals surface area contributed by atoms with Crippen LogP contribution in [0.4, 0.5) is 11.5 Å². The Morgan fingerprint density at radius 2 is 1.69 bits per heavy atom. The van der Waals surface area contributed by atoms with Crippen LogP contribution >= 0.6 is 0 Å². The van der Waals surface area contributed by atoms with E-state index >= 15 is 0 Å². The van der Waals surface area contributed by atoms with E-state index in [2.05, 4.69) is 10.4 Å². The molecule has 0 saturated heterocycles. The third-order valence-corrected chi connectivity index (χ3v) is 4.57. The van der Waals surface area contributed by atoms with E-state index in [1.807, 2.05) is 73.3 Å². The van der Waals surface area contributed by atoms with Gasteiger partial charge >= 0.3 is 5.97 Å². The average molecular weight is 349 g/mol. The molecule has 0 fully saturated rings. The third kappa shape index (κ3) is 3.33. The van der Waals surface area contributed by atoms with Crippen molar-refractivity contribution in [1.82, 2.24) is 9.78 Å². The molecule has 0 bridgehead atoms. The van der Waals surface area contributed by atoms with Gasteiger partial charge in [0.05, 0.1) is 11.1 Å². The molecule has 1 heterocycles. The first-order chi connectivity index (χ1) is 12.3. The predicted molar refractivity (Wildman–Crippen MR) is 103 cm³/mol. The normalized spacial score (nSPS) is 11.4. The first kappa shape index (κ1) is 17.7. The highest BCUT2D eigenvalue weighted by atomic mass is 16.4. The van der Waals surface area contributed by atoms with E-state index in [1.165, 1.54) is 0 Å². The molecular weight excluding hydrogens is 326 g/mol. The Morgan fingerprint density at radius 3 is 2.27 bits per heavy atom. The van der Waals surface area contributed by atoms with Crippen molar-refractivity contribution >= 4 is 17.5 Å². The van der Waals surface area contributed by atoms with Gasteiger partial charge in [0.15, 0.2) is 5.82 Å². The summed E-state index contributed by atoms with van der Waals surface area (Å²) in [5, 5.41) is 17.4. The molecule has 0 unspecified atom stereocenters. The largest absolute Gasteiger partial charge is 0.481 e. The summed E-state index contributed by atoms with van der Waals surface area (Å²) in [7, 11) is 0. The number of carboxylic acids is 1. The van der Waals surface area contributed by atoms with Crippen molar-refractivity contribution in [3.8, 4) is 5.69 Å². The Bertz CT molecular complexity index is 920. The first-order valence-corrected chi connectivity index (χ1v) is 8.52. The number of anilines is 2. The van der Waals surface area contributed by atoms with Crippen LogP contribution < -0.4 is 5.32 Å². The lowest BCUT2D eigenvalue weighted by atomic mass is 9.79. The Kier molecular flexibility index (Phi) is 4.55. The number of aliphatic carboxylic acids is 1. The Morgan fingerprint density at radius 1 is 1.08 bits per heavy atom. The van der Waals surface area contributed by atoms with Crippen molar-refractivity contribution in [3.63, 3.8) is 0 Å². The van der Waals surface area contributed by atoms with Crippen molar-refractivity contribution in [2.45, 2.75) is 33.1 Å². The lowest BCUT2D eigenvalue weighted by Gasteiger charge is -2.25. The Labute approximate surface area is 153 Å². The Hall–Kier alpha value is -3.08. The molecule has 1 aromatic heterocycles. The summed E-state index contributed by atoms with van der Waals surface area (Å²) in [6.07, 6.45) is 1.90. The van der Waals surface area contributed by atoms with Crippen LogP contribution in [0.5, 0.6) is 0 Å². The van der Waals surface area contributed by atoms with E-state index in [1.54, 1.807) is 13.8 Å². The minimum atomic E-state index is -0.929. The molecule has 0 aliphatic rings. The molecular formula is C21H23N3O2. The van der Waals surface area contributed by atoms with Crippen LogP contribution in [0.25, 0.3) is 5.69 Å². The van der Waals surface area contributed by atoms with Crippen LogP contribution in [0.2, 0.25) is 0 Å². The summed E-state index contributed by atoms with van der Waals surface area (Å²) >= 11 is 0. The minimum absolute atomic E-state index is 0.734. The topological polar surface area (TPSA) is 67.2 Å². The number of aryl methyl sites for hydroxylation is 2. The summed E-state index contributed by atoms with van der Waals surface area (Å²) in [5.74, 6) is -0.0936. The fourth-order valence-electron chi connectivity index (χ4n) is 3.39. The number of carbonyl (C=O) groups is 1. The number of benzene rings is 2. The number of para-hydroxylation sites is 1. The zero-order valence-corrected chi connectivity index (χ0v) is 15.4. The summed E-state index contributed by atoms with van der Waals surface area (Å²) in [4.78, 5) is 11.6. The molecule has 26 heavy (non-hydrogen) atoms. The van der Waals surface area contributed by atoms with Crippen molar-refractivity contribution in [2.24, 2.45) is 0 Å². The van der Waals surface area contributed by atoms with Crippen LogP contribution in [0, 0.1) is 13.8 Å². The molecule has 0 aliphatic carbocycles. The molecule has 0 atom stereocenters. The van der Waals surface area contributed by atoms with Gasteiger partial charge in [-0.1, -0.05) is 18.2 Å². The van der Waals surface area contributed by atoms with Crippen molar-refractivity contribution in [1.29, 1.82) is 0 Å². The van der Waals surface area contributed by atoms with E-state index in [9.17, 15) is 9.90 Å². The zero-order chi connectivity index (χ0) is 18.9. The summed E-state index contributed by atoms with van der Waals surface area (Å²) < 4.78 is 1.81. The number of nitrogens with zero attached hydrogens (tertiary/aromatic N) is 2. The van der Waals surface area contributed by atoms with Crippen LogP contribution in [-0.2, 0) is 10.2 Å². The average Bonchev–Trinajstić information content (AvgIpc) is 3.03. The maximum Gasteiger partial charge on any atom is 0.313 e. The highest BCUT2D eigenvalue weighted by Gasteiger charge is 2.32. The van der Waals surface area contributed by atoms with Crippen molar-refractivity contribution in [2.75, 3.05) is 5.32 Å². The Balaban J connectivity index is 1.88. The third-order valence-electron chi connectivity index (χ3n) is 4.57. The van der Waals surface area contributed by atoms with E-state index in [-0.39, 0.29) is 0 Å². The van der Waals surface area contributed by atoms with Gasteiger partial charge in [0, 0.05) is 18.0 Å². The molecule has 0 radical (unpaired) electrons. The highest BCUT2D eigenvalue weighted by molar-refractivity contribution is 5.82. The fraction of sp³-hybridized carbons (Fsp3) is 0.238. The van der Waals surface area contributed by atoms with Gasteiger partial charge in [-0.15, -0.1) is 0 Å². The van der Waals surface area contributed by atoms with E-state index < -0.39 is 11.4 Å². The van der Waals surface area contributed by atoms with Crippen LogP contribution in [-0.4, -0.2) is 20.9 Å². The second kappa shape index (κ2) is 6.67. The number of hydrogen-bond acceptors (Lipinski definition) is 3. The van der Waals surface area contributed by atoms with Crippen LogP contribution in [0.1, 0.15) is 30.5 Å². The van der Waals surface area contributed by atoms with Gasteiger partial charge in [0.1, 0.15) is 0 Å². The number of carboxylic acid groups (broad SMARTS) is 1. The van der Waals surface area contributed by atoms with Gasteiger partial charge in [-0.3, -0.25) is 4.79 Å². The lowest BCUT2D eigenvalue weighted by Crippen LogP contribution is -2.30. The van der Waals surface area contributed by atoms with E-state index in [4.69, 9.17) is 0 Å². The van der Waals surface area contributed by atoms with Gasteiger partial charge in [-0.05, 0) is 68.7 Å². The van der Waals surface area contributed by atoms with Gasteiger partial charge in [-0.2, -0.15) is 5.10 Å². The second-order valence-corrected chi connectivity index (χ2v) is 7.02. The molecule has 0 saturated carbocycles. The summed E-state index contributed by atoms with van der Waals surface area (Å²) in [5.41, 5.74) is 3.70. The predicted octanol–water partition coefficient (Wildman–Crippen LogP) is 4.59. The molecule has 0 aliphatic heterocycles. The molecule has 5 heteroatoms. The monoisotopic (exact) mass is 349 g/mol. The second-order valence-electron chi connectivity index (χ2n) is 7.02. The van der Waals surface area contributed by atoms with Crippen LogP contribution in [0.3, 0.4) is 0 Å². The zero-order valence-electron chi connectivity index (χ0n) is 15.4.